The molecule has 88 valence electrons. The summed E-state index contributed by atoms with van der Waals surface area (Å²) in [4.78, 5) is 10.7. The molecule has 5 nitrogen and oxygen atoms in total. The highest BCUT2D eigenvalue weighted by Gasteiger charge is 2.16. The molecule has 0 aliphatic carbocycles. The molecule has 1 heterocycles. The Bertz CT molecular complexity index is 507. The number of carboxylic acid groups (broad SMARTS) is 1. The van der Waals surface area contributed by atoms with E-state index in [1.807, 2.05) is 30.3 Å². The highest BCUT2D eigenvalue weighted by molar-refractivity contribution is 5.74. The maximum absolute atomic E-state index is 10.7. The number of hydrogen-bond acceptors (Lipinski definition) is 3. The van der Waals surface area contributed by atoms with Crippen molar-refractivity contribution in [2.45, 2.75) is 12.5 Å². The Hall–Kier alpha value is -2.14. The second-order valence-electron chi connectivity index (χ2n) is 3.79. The van der Waals surface area contributed by atoms with Gasteiger partial charge in [-0.1, -0.05) is 30.3 Å². The zero-order valence-electron chi connectivity index (χ0n) is 9.13. The van der Waals surface area contributed by atoms with Gasteiger partial charge in [0.1, 0.15) is 6.04 Å². The average molecular weight is 231 g/mol. The van der Waals surface area contributed by atoms with Crippen molar-refractivity contribution in [3.05, 3.63) is 42.1 Å². The number of aromatic nitrogens is 2. The number of H-pyrrole nitrogens is 1. The third-order valence-corrected chi connectivity index (χ3v) is 2.54. The van der Waals surface area contributed by atoms with Gasteiger partial charge in [-0.2, -0.15) is 5.10 Å². The fraction of sp³-hybridized carbons (Fsp3) is 0.167. The van der Waals surface area contributed by atoms with E-state index in [1.165, 1.54) is 0 Å². The molecule has 5 heteroatoms. The van der Waals surface area contributed by atoms with E-state index in [2.05, 4.69) is 10.2 Å². The Balaban J connectivity index is 2.26. The Morgan fingerprint density at radius 1 is 1.41 bits per heavy atom. The van der Waals surface area contributed by atoms with Crippen LogP contribution in [0.25, 0.3) is 11.3 Å². The van der Waals surface area contributed by atoms with Gasteiger partial charge in [0.25, 0.3) is 0 Å². The number of aromatic amines is 1. The number of hydrogen-bond donors (Lipinski definition) is 3. The van der Waals surface area contributed by atoms with E-state index in [1.54, 1.807) is 6.20 Å². The molecule has 4 N–H and O–H groups in total. The fourth-order valence-corrected chi connectivity index (χ4v) is 1.64. The number of nitrogens with two attached hydrogens (primary N) is 1. The molecule has 1 aromatic heterocycles. The smallest absolute Gasteiger partial charge is 0.320 e. The van der Waals surface area contributed by atoms with Gasteiger partial charge in [0.15, 0.2) is 0 Å². The SMILES string of the molecule is NC(Cc1cn[nH]c1-c1ccccc1)C(=O)O. The summed E-state index contributed by atoms with van der Waals surface area (Å²) in [7, 11) is 0. The fourth-order valence-electron chi connectivity index (χ4n) is 1.64. The first kappa shape index (κ1) is 11.3. The van der Waals surface area contributed by atoms with Gasteiger partial charge in [-0.15, -0.1) is 0 Å². The minimum Gasteiger partial charge on any atom is -0.480 e. The molecule has 0 amide bonds. The topological polar surface area (TPSA) is 92.0 Å². The summed E-state index contributed by atoms with van der Waals surface area (Å²) >= 11 is 0. The number of carboxylic acids is 1. The molecule has 0 spiro atoms. The first-order valence-corrected chi connectivity index (χ1v) is 5.24. The lowest BCUT2D eigenvalue weighted by atomic mass is 10.0. The molecular formula is C12H13N3O2. The Morgan fingerprint density at radius 2 is 2.12 bits per heavy atom. The van der Waals surface area contributed by atoms with Gasteiger partial charge in [0, 0.05) is 6.42 Å². The van der Waals surface area contributed by atoms with Crippen LogP contribution in [0.5, 0.6) is 0 Å². The lowest BCUT2D eigenvalue weighted by Crippen LogP contribution is -2.32. The molecule has 17 heavy (non-hydrogen) atoms. The molecule has 0 saturated carbocycles. The number of benzene rings is 1. The van der Waals surface area contributed by atoms with E-state index in [0.717, 1.165) is 16.8 Å². The van der Waals surface area contributed by atoms with Crippen LogP contribution < -0.4 is 5.73 Å². The third-order valence-electron chi connectivity index (χ3n) is 2.54. The van der Waals surface area contributed by atoms with Crippen LogP contribution in [0.15, 0.2) is 36.5 Å². The highest BCUT2D eigenvalue weighted by atomic mass is 16.4. The van der Waals surface area contributed by atoms with E-state index in [0.29, 0.717) is 0 Å². The largest absolute Gasteiger partial charge is 0.480 e. The summed E-state index contributed by atoms with van der Waals surface area (Å²) in [5, 5.41) is 15.6. The van der Waals surface area contributed by atoms with Gasteiger partial charge < -0.3 is 10.8 Å². The number of nitrogens with one attached hydrogen (secondary N) is 1. The molecule has 1 unspecified atom stereocenters. The molecule has 1 atom stereocenters. The van der Waals surface area contributed by atoms with Crippen LogP contribution in [-0.4, -0.2) is 27.3 Å². The summed E-state index contributed by atoms with van der Waals surface area (Å²) < 4.78 is 0. The molecule has 2 rings (SSSR count). The number of carbonyl (C=O) groups is 1. The highest BCUT2D eigenvalue weighted by Crippen LogP contribution is 2.21. The van der Waals surface area contributed by atoms with Crippen LogP contribution >= 0.6 is 0 Å². The first-order chi connectivity index (χ1) is 8.18. The Kier molecular flexibility index (Phi) is 3.20. The number of nitrogens with zero attached hydrogens (tertiary/aromatic N) is 1. The molecule has 0 radical (unpaired) electrons. The standard InChI is InChI=1S/C12H13N3O2/c13-10(12(16)17)6-9-7-14-15-11(9)8-4-2-1-3-5-8/h1-5,7,10H,6,13H2,(H,14,15)(H,16,17). The van der Waals surface area contributed by atoms with Crippen molar-refractivity contribution in [2.24, 2.45) is 5.73 Å². The van der Waals surface area contributed by atoms with E-state index in [4.69, 9.17) is 10.8 Å². The van der Waals surface area contributed by atoms with Gasteiger partial charge in [-0.05, 0) is 11.1 Å². The van der Waals surface area contributed by atoms with Crippen LogP contribution in [0.1, 0.15) is 5.56 Å². The maximum Gasteiger partial charge on any atom is 0.320 e. The molecule has 0 aliphatic rings. The van der Waals surface area contributed by atoms with Crippen molar-refractivity contribution in [3.63, 3.8) is 0 Å². The van der Waals surface area contributed by atoms with Crippen molar-refractivity contribution in [3.8, 4) is 11.3 Å². The van der Waals surface area contributed by atoms with E-state index in [-0.39, 0.29) is 6.42 Å². The third kappa shape index (κ3) is 2.51. The van der Waals surface area contributed by atoms with Crippen molar-refractivity contribution in [2.75, 3.05) is 0 Å². The second-order valence-corrected chi connectivity index (χ2v) is 3.79. The second kappa shape index (κ2) is 4.80. The maximum atomic E-state index is 10.7. The quantitative estimate of drug-likeness (QED) is 0.732. The monoisotopic (exact) mass is 231 g/mol. The van der Waals surface area contributed by atoms with Crippen molar-refractivity contribution in [1.29, 1.82) is 0 Å². The van der Waals surface area contributed by atoms with Crippen LogP contribution in [0.3, 0.4) is 0 Å². The summed E-state index contributed by atoms with van der Waals surface area (Å²) in [5.41, 5.74) is 8.12. The lowest BCUT2D eigenvalue weighted by Gasteiger charge is -2.06. The Morgan fingerprint density at radius 3 is 2.76 bits per heavy atom. The molecule has 2 aromatic rings. The van der Waals surface area contributed by atoms with Crippen molar-refractivity contribution < 1.29 is 9.90 Å². The zero-order chi connectivity index (χ0) is 12.3. The predicted octanol–water partition coefficient (Wildman–Crippen LogP) is 1.03. The number of rotatable bonds is 4. The first-order valence-electron chi connectivity index (χ1n) is 5.24. The molecule has 0 saturated heterocycles. The van der Waals surface area contributed by atoms with E-state index in [9.17, 15) is 4.79 Å². The molecular weight excluding hydrogens is 218 g/mol. The van der Waals surface area contributed by atoms with Gasteiger partial charge in [0.2, 0.25) is 0 Å². The minimum absolute atomic E-state index is 0.260. The van der Waals surface area contributed by atoms with Gasteiger partial charge in [0.05, 0.1) is 11.9 Å². The molecule has 1 aromatic carbocycles. The molecule has 0 aliphatic heterocycles. The van der Waals surface area contributed by atoms with E-state index < -0.39 is 12.0 Å². The van der Waals surface area contributed by atoms with Crippen LogP contribution in [-0.2, 0) is 11.2 Å². The summed E-state index contributed by atoms with van der Waals surface area (Å²) in [6.07, 6.45) is 1.88. The van der Waals surface area contributed by atoms with Crippen LogP contribution in [0.2, 0.25) is 0 Å². The average Bonchev–Trinajstić information content (AvgIpc) is 2.78. The predicted molar refractivity (Wildman–Crippen MR) is 63.3 cm³/mol. The molecule has 0 fully saturated rings. The van der Waals surface area contributed by atoms with Crippen molar-refractivity contribution in [1.82, 2.24) is 10.2 Å². The summed E-state index contributed by atoms with van der Waals surface area (Å²) in [6, 6.07) is 8.71. The van der Waals surface area contributed by atoms with Gasteiger partial charge in [-0.3, -0.25) is 9.89 Å². The van der Waals surface area contributed by atoms with Crippen LogP contribution in [0, 0.1) is 0 Å². The molecule has 0 bridgehead atoms. The minimum atomic E-state index is -1.01. The van der Waals surface area contributed by atoms with Gasteiger partial charge in [-0.25, -0.2) is 0 Å². The summed E-state index contributed by atoms with van der Waals surface area (Å²) in [5.74, 6) is -1.01. The normalized spacial score (nSPS) is 12.3. The Labute approximate surface area is 98.3 Å². The van der Waals surface area contributed by atoms with E-state index >= 15 is 0 Å². The zero-order valence-corrected chi connectivity index (χ0v) is 9.13. The van der Waals surface area contributed by atoms with Crippen molar-refractivity contribution >= 4 is 5.97 Å². The number of aliphatic carboxylic acids is 1. The summed E-state index contributed by atoms with van der Waals surface area (Å²) in [6.45, 7) is 0. The lowest BCUT2D eigenvalue weighted by molar-refractivity contribution is -0.138. The van der Waals surface area contributed by atoms with Crippen LogP contribution in [0.4, 0.5) is 0 Å². The van der Waals surface area contributed by atoms with Gasteiger partial charge >= 0.3 is 5.97 Å².